The fraction of sp³-hybridized carbons (Fsp3) is 1.00. The first-order valence-corrected chi connectivity index (χ1v) is 6.95. The quantitative estimate of drug-likeness (QED) is 0.804. The Labute approximate surface area is 106 Å². The number of rotatable bonds is 5. The highest BCUT2D eigenvalue weighted by Crippen LogP contribution is 2.22. The molecule has 0 aliphatic carbocycles. The molecule has 2 unspecified atom stereocenters. The van der Waals surface area contributed by atoms with Gasteiger partial charge in [0.25, 0.3) is 0 Å². The van der Waals surface area contributed by atoms with E-state index in [0.29, 0.717) is 6.10 Å². The van der Waals surface area contributed by atoms with E-state index < -0.39 is 0 Å². The van der Waals surface area contributed by atoms with Gasteiger partial charge in [0.05, 0.1) is 12.2 Å². The largest absolute Gasteiger partial charge is 0.393 e. The summed E-state index contributed by atoms with van der Waals surface area (Å²) >= 11 is 0. The van der Waals surface area contributed by atoms with E-state index in [1.807, 2.05) is 0 Å². The third-order valence-corrected chi connectivity index (χ3v) is 3.58. The Bertz CT molecular complexity index is 211. The molecule has 0 bridgehead atoms. The van der Waals surface area contributed by atoms with Crippen LogP contribution in [0.15, 0.2) is 0 Å². The van der Waals surface area contributed by atoms with Crippen LogP contribution < -0.4 is 0 Å². The van der Waals surface area contributed by atoms with E-state index >= 15 is 0 Å². The van der Waals surface area contributed by atoms with Gasteiger partial charge < -0.3 is 14.7 Å². The second kappa shape index (κ2) is 6.72. The third-order valence-electron chi connectivity index (χ3n) is 3.58. The second-order valence-electron chi connectivity index (χ2n) is 6.19. The normalized spacial score (nSPS) is 24.9. The summed E-state index contributed by atoms with van der Waals surface area (Å²) < 4.78 is 5.68. The lowest BCUT2D eigenvalue weighted by Gasteiger charge is -2.34. The molecule has 1 fully saturated rings. The molecule has 17 heavy (non-hydrogen) atoms. The van der Waals surface area contributed by atoms with Crippen LogP contribution in [-0.4, -0.2) is 48.5 Å². The Morgan fingerprint density at radius 2 is 2.12 bits per heavy atom. The summed E-state index contributed by atoms with van der Waals surface area (Å²) in [5.74, 6) is 0. The molecule has 0 spiro atoms. The lowest BCUT2D eigenvalue weighted by Crippen LogP contribution is -2.41. The maximum atomic E-state index is 10.0. The van der Waals surface area contributed by atoms with Gasteiger partial charge in [-0.1, -0.05) is 20.8 Å². The van der Waals surface area contributed by atoms with Crippen molar-refractivity contribution in [1.82, 2.24) is 4.90 Å². The summed E-state index contributed by atoms with van der Waals surface area (Å²) in [5.41, 5.74) is -0.00485. The number of hydrogen-bond acceptors (Lipinski definition) is 3. The molecule has 1 N–H and O–H groups in total. The van der Waals surface area contributed by atoms with Crippen molar-refractivity contribution in [2.75, 3.05) is 26.2 Å². The van der Waals surface area contributed by atoms with E-state index in [2.05, 4.69) is 32.6 Å². The van der Waals surface area contributed by atoms with Crippen molar-refractivity contribution in [3.8, 4) is 0 Å². The number of likely N-dealkylation sites (tertiary alicyclic amines) is 1. The average Bonchev–Trinajstić information content (AvgIpc) is 2.25. The Kier molecular flexibility index (Phi) is 5.90. The van der Waals surface area contributed by atoms with Crippen molar-refractivity contribution in [3.63, 3.8) is 0 Å². The fourth-order valence-electron chi connectivity index (χ4n) is 2.33. The molecule has 1 heterocycles. The molecule has 3 heteroatoms. The van der Waals surface area contributed by atoms with E-state index in [4.69, 9.17) is 4.74 Å². The first-order valence-electron chi connectivity index (χ1n) is 6.95. The number of aliphatic hydroxyl groups is 1. The molecule has 1 aliphatic heterocycles. The summed E-state index contributed by atoms with van der Waals surface area (Å²) in [5, 5.41) is 10.0. The third kappa shape index (κ3) is 5.36. The van der Waals surface area contributed by atoms with Gasteiger partial charge in [-0.25, -0.2) is 0 Å². The Morgan fingerprint density at radius 3 is 2.71 bits per heavy atom. The Morgan fingerprint density at radius 1 is 1.41 bits per heavy atom. The van der Waals surface area contributed by atoms with E-state index in [1.165, 1.54) is 12.8 Å². The molecule has 0 amide bonds. The van der Waals surface area contributed by atoms with Crippen LogP contribution in [0.1, 0.15) is 47.0 Å². The van der Waals surface area contributed by atoms with Crippen molar-refractivity contribution < 1.29 is 9.84 Å². The van der Waals surface area contributed by atoms with Gasteiger partial charge in [0.1, 0.15) is 0 Å². The zero-order valence-corrected chi connectivity index (χ0v) is 11.9. The molecular weight excluding hydrogens is 214 g/mol. The van der Waals surface area contributed by atoms with E-state index in [1.54, 1.807) is 0 Å². The predicted molar refractivity (Wildman–Crippen MR) is 71.2 cm³/mol. The fourth-order valence-corrected chi connectivity index (χ4v) is 2.33. The van der Waals surface area contributed by atoms with Crippen molar-refractivity contribution in [2.45, 2.75) is 59.2 Å². The highest BCUT2D eigenvalue weighted by atomic mass is 16.5. The van der Waals surface area contributed by atoms with Gasteiger partial charge in [-0.15, -0.1) is 0 Å². The van der Waals surface area contributed by atoms with Crippen LogP contribution in [0.25, 0.3) is 0 Å². The summed E-state index contributed by atoms with van der Waals surface area (Å²) in [6.07, 6.45) is 3.46. The maximum Gasteiger partial charge on any atom is 0.0702 e. The number of piperidine rings is 1. The minimum absolute atomic E-state index is 0.00485. The van der Waals surface area contributed by atoms with Crippen molar-refractivity contribution in [2.24, 2.45) is 5.41 Å². The average molecular weight is 243 g/mol. The topological polar surface area (TPSA) is 32.7 Å². The highest BCUT2D eigenvalue weighted by Gasteiger charge is 2.24. The van der Waals surface area contributed by atoms with Crippen LogP contribution in [0.2, 0.25) is 0 Å². The lowest BCUT2D eigenvalue weighted by molar-refractivity contribution is -0.00499. The monoisotopic (exact) mass is 243 g/mol. The second-order valence-corrected chi connectivity index (χ2v) is 6.19. The van der Waals surface area contributed by atoms with Crippen LogP contribution in [-0.2, 0) is 4.74 Å². The van der Waals surface area contributed by atoms with Gasteiger partial charge in [0.15, 0.2) is 0 Å². The zero-order valence-electron chi connectivity index (χ0n) is 11.9. The van der Waals surface area contributed by atoms with Crippen molar-refractivity contribution >= 4 is 0 Å². The molecule has 1 rings (SSSR count). The molecule has 1 saturated heterocycles. The van der Waals surface area contributed by atoms with Gasteiger partial charge in [0.2, 0.25) is 0 Å². The summed E-state index contributed by atoms with van der Waals surface area (Å²) in [6, 6.07) is 0. The number of hydrogen-bond donors (Lipinski definition) is 1. The van der Waals surface area contributed by atoms with E-state index in [9.17, 15) is 5.11 Å². The Hall–Kier alpha value is -0.120. The molecule has 2 atom stereocenters. The minimum atomic E-state index is -0.213. The molecule has 0 aromatic heterocycles. The molecule has 3 nitrogen and oxygen atoms in total. The van der Waals surface area contributed by atoms with Gasteiger partial charge in [0, 0.05) is 19.7 Å². The molecule has 0 aromatic rings. The SMILES string of the molecule is CCOC1CCCN(CCC(O)C(C)(C)C)C1. The van der Waals surface area contributed by atoms with Crippen LogP contribution in [0.3, 0.4) is 0 Å². The molecular formula is C14H29NO2. The van der Waals surface area contributed by atoms with Gasteiger partial charge in [-0.3, -0.25) is 0 Å². The predicted octanol–water partition coefficient (Wildman–Crippen LogP) is 2.28. The highest BCUT2D eigenvalue weighted by molar-refractivity contribution is 4.77. The van der Waals surface area contributed by atoms with Gasteiger partial charge >= 0.3 is 0 Å². The smallest absolute Gasteiger partial charge is 0.0702 e. The standard InChI is InChI=1S/C14H29NO2/c1-5-17-12-7-6-9-15(11-12)10-8-13(16)14(2,3)4/h12-13,16H,5-11H2,1-4H3. The van der Waals surface area contributed by atoms with Gasteiger partial charge in [-0.05, 0) is 38.1 Å². The van der Waals surface area contributed by atoms with Crippen molar-refractivity contribution in [1.29, 1.82) is 0 Å². The maximum absolute atomic E-state index is 10.0. The summed E-state index contributed by atoms with van der Waals surface area (Å²) in [4.78, 5) is 2.43. The molecule has 0 radical (unpaired) electrons. The zero-order chi connectivity index (χ0) is 12.9. The van der Waals surface area contributed by atoms with E-state index in [-0.39, 0.29) is 11.5 Å². The minimum Gasteiger partial charge on any atom is -0.393 e. The first-order chi connectivity index (χ1) is 7.93. The molecule has 1 aliphatic rings. The van der Waals surface area contributed by atoms with Crippen LogP contribution >= 0.6 is 0 Å². The van der Waals surface area contributed by atoms with Crippen LogP contribution in [0, 0.1) is 5.41 Å². The molecule has 102 valence electrons. The molecule has 0 saturated carbocycles. The summed E-state index contributed by atoms with van der Waals surface area (Å²) in [7, 11) is 0. The number of aliphatic hydroxyl groups excluding tert-OH is 1. The van der Waals surface area contributed by atoms with Gasteiger partial charge in [-0.2, -0.15) is 0 Å². The first kappa shape index (κ1) is 14.9. The Balaban J connectivity index is 2.27. The molecule has 0 aromatic carbocycles. The lowest BCUT2D eigenvalue weighted by atomic mass is 9.87. The summed E-state index contributed by atoms with van der Waals surface area (Å²) in [6.45, 7) is 12.3. The van der Waals surface area contributed by atoms with Crippen LogP contribution in [0.5, 0.6) is 0 Å². The van der Waals surface area contributed by atoms with Crippen LogP contribution in [0.4, 0.5) is 0 Å². The van der Waals surface area contributed by atoms with E-state index in [0.717, 1.165) is 32.7 Å². The van der Waals surface area contributed by atoms with Crippen molar-refractivity contribution in [3.05, 3.63) is 0 Å². The number of nitrogens with zero attached hydrogens (tertiary/aromatic N) is 1. The number of ether oxygens (including phenoxy) is 1.